The summed E-state index contributed by atoms with van der Waals surface area (Å²) in [6.07, 6.45) is 2.15. The molecule has 1 amide bonds. The molecule has 0 aliphatic heterocycles. The lowest BCUT2D eigenvalue weighted by Crippen LogP contribution is -2.59. The Bertz CT molecular complexity index is 520. The molecule has 1 aromatic carbocycles. The molecule has 21 heavy (non-hydrogen) atoms. The Morgan fingerprint density at radius 1 is 1.52 bits per heavy atom. The summed E-state index contributed by atoms with van der Waals surface area (Å²) >= 11 is 0. The van der Waals surface area contributed by atoms with Gasteiger partial charge in [-0.15, -0.1) is 0 Å². The van der Waals surface area contributed by atoms with E-state index < -0.39 is 23.1 Å². The van der Waals surface area contributed by atoms with Gasteiger partial charge in [-0.1, -0.05) is 6.92 Å². The number of ether oxygens (including phenoxy) is 1. The number of rotatable bonds is 5. The van der Waals surface area contributed by atoms with Crippen molar-refractivity contribution in [3.8, 4) is 5.75 Å². The van der Waals surface area contributed by atoms with E-state index in [9.17, 15) is 13.6 Å². The van der Waals surface area contributed by atoms with Crippen molar-refractivity contribution >= 4 is 5.91 Å². The average molecular weight is 298 g/mol. The summed E-state index contributed by atoms with van der Waals surface area (Å²) in [5, 5.41) is 3.13. The molecular formula is C15H20F2N2O2. The van der Waals surface area contributed by atoms with Crippen molar-refractivity contribution in [2.75, 3.05) is 6.54 Å². The first kappa shape index (κ1) is 15.7. The van der Waals surface area contributed by atoms with Gasteiger partial charge in [0.05, 0.1) is 0 Å². The third-order valence-electron chi connectivity index (χ3n) is 3.88. The number of nitrogens with two attached hydrogens (primary N) is 1. The maximum absolute atomic E-state index is 13.6. The normalized spacial score (nSPS) is 25.6. The Balaban J connectivity index is 2.12. The molecule has 0 radical (unpaired) electrons. The maximum atomic E-state index is 13.6. The Morgan fingerprint density at radius 3 is 2.90 bits per heavy atom. The van der Waals surface area contributed by atoms with Crippen molar-refractivity contribution in [2.24, 2.45) is 5.73 Å². The van der Waals surface area contributed by atoms with Crippen LogP contribution in [-0.2, 0) is 4.79 Å². The molecule has 2 atom stereocenters. The highest BCUT2D eigenvalue weighted by Gasteiger charge is 2.41. The number of amides is 1. The Labute approximate surface area is 122 Å². The van der Waals surface area contributed by atoms with Crippen LogP contribution >= 0.6 is 0 Å². The van der Waals surface area contributed by atoms with Crippen LogP contribution in [0.3, 0.4) is 0 Å². The molecule has 2 unspecified atom stereocenters. The van der Waals surface area contributed by atoms with Crippen LogP contribution in [0.4, 0.5) is 8.78 Å². The zero-order valence-electron chi connectivity index (χ0n) is 12.0. The van der Waals surface area contributed by atoms with Gasteiger partial charge in [-0.2, -0.15) is 0 Å². The third-order valence-corrected chi connectivity index (χ3v) is 3.88. The SMILES string of the molecule is CCNC1(C(N)=O)CCCC(Oc2ccc(F)cc2F)C1. The smallest absolute Gasteiger partial charge is 0.237 e. The fraction of sp³-hybridized carbons (Fsp3) is 0.533. The van der Waals surface area contributed by atoms with Crippen LogP contribution in [0.5, 0.6) is 5.75 Å². The van der Waals surface area contributed by atoms with Gasteiger partial charge in [0.2, 0.25) is 5.91 Å². The molecule has 0 spiro atoms. The topological polar surface area (TPSA) is 64.3 Å². The van der Waals surface area contributed by atoms with Gasteiger partial charge in [-0.25, -0.2) is 8.78 Å². The van der Waals surface area contributed by atoms with E-state index in [0.29, 0.717) is 25.8 Å². The highest BCUT2D eigenvalue weighted by molar-refractivity contribution is 5.84. The van der Waals surface area contributed by atoms with Gasteiger partial charge in [0.15, 0.2) is 11.6 Å². The van der Waals surface area contributed by atoms with Gasteiger partial charge in [-0.05, 0) is 37.9 Å². The van der Waals surface area contributed by atoms with Gasteiger partial charge in [-0.3, -0.25) is 4.79 Å². The Hall–Kier alpha value is -1.69. The van der Waals surface area contributed by atoms with Gasteiger partial charge in [0.1, 0.15) is 17.5 Å². The van der Waals surface area contributed by atoms with E-state index in [1.165, 1.54) is 6.07 Å². The number of carbonyl (C=O) groups excluding carboxylic acids is 1. The molecule has 1 saturated carbocycles. The number of hydrogen-bond acceptors (Lipinski definition) is 3. The molecule has 1 fully saturated rings. The van der Waals surface area contributed by atoms with Crippen LogP contribution in [0.2, 0.25) is 0 Å². The first-order valence-electron chi connectivity index (χ1n) is 7.13. The fourth-order valence-corrected chi connectivity index (χ4v) is 2.89. The summed E-state index contributed by atoms with van der Waals surface area (Å²) in [5.74, 6) is -1.81. The Kier molecular flexibility index (Phi) is 4.77. The van der Waals surface area contributed by atoms with Crippen molar-refractivity contribution in [3.63, 3.8) is 0 Å². The predicted octanol–water partition coefficient (Wildman–Crippen LogP) is 2.12. The van der Waals surface area contributed by atoms with Crippen LogP contribution in [0, 0.1) is 11.6 Å². The molecular weight excluding hydrogens is 278 g/mol. The summed E-state index contributed by atoms with van der Waals surface area (Å²) in [6, 6.07) is 3.19. The van der Waals surface area contributed by atoms with Gasteiger partial charge in [0, 0.05) is 12.5 Å². The summed E-state index contributed by atoms with van der Waals surface area (Å²) < 4.78 is 32.1. The van der Waals surface area contributed by atoms with Crippen molar-refractivity contribution in [1.29, 1.82) is 0 Å². The van der Waals surface area contributed by atoms with E-state index in [2.05, 4.69) is 5.32 Å². The number of primary amides is 1. The minimum atomic E-state index is -0.811. The Morgan fingerprint density at radius 2 is 2.29 bits per heavy atom. The zero-order chi connectivity index (χ0) is 15.5. The molecule has 3 N–H and O–H groups in total. The molecule has 116 valence electrons. The number of nitrogens with one attached hydrogen (secondary N) is 1. The second-order valence-electron chi connectivity index (χ2n) is 5.39. The molecule has 0 aromatic heterocycles. The van der Waals surface area contributed by atoms with E-state index in [1.807, 2.05) is 6.92 Å². The monoisotopic (exact) mass is 298 g/mol. The maximum Gasteiger partial charge on any atom is 0.237 e. The third kappa shape index (κ3) is 3.50. The van der Waals surface area contributed by atoms with Gasteiger partial charge in [0.25, 0.3) is 0 Å². The second-order valence-corrected chi connectivity index (χ2v) is 5.39. The molecule has 6 heteroatoms. The zero-order valence-corrected chi connectivity index (χ0v) is 12.0. The lowest BCUT2D eigenvalue weighted by molar-refractivity contribution is -0.127. The summed E-state index contributed by atoms with van der Waals surface area (Å²) in [4.78, 5) is 11.8. The standard InChI is InChI=1S/C15H20F2N2O2/c1-2-19-15(14(18)20)7-3-4-11(9-15)21-13-6-5-10(16)8-12(13)17/h5-6,8,11,19H,2-4,7,9H2,1H3,(H2,18,20). The average Bonchev–Trinajstić information content (AvgIpc) is 2.42. The highest BCUT2D eigenvalue weighted by Crippen LogP contribution is 2.32. The van der Waals surface area contributed by atoms with Crippen LogP contribution in [0.25, 0.3) is 0 Å². The highest BCUT2D eigenvalue weighted by atomic mass is 19.1. The molecule has 1 aliphatic rings. The first-order valence-corrected chi connectivity index (χ1v) is 7.13. The van der Waals surface area contributed by atoms with Crippen molar-refractivity contribution < 1.29 is 18.3 Å². The number of hydrogen-bond donors (Lipinski definition) is 2. The molecule has 4 nitrogen and oxygen atoms in total. The lowest BCUT2D eigenvalue weighted by Gasteiger charge is -2.39. The quantitative estimate of drug-likeness (QED) is 0.875. The number of likely N-dealkylation sites (N-methyl/N-ethyl adjacent to an activating group) is 1. The van der Waals surface area contributed by atoms with E-state index >= 15 is 0 Å². The molecule has 0 heterocycles. The summed E-state index contributed by atoms with van der Waals surface area (Å²) in [5.41, 5.74) is 4.70. The van der Waals surface area contributed by atoms with Crippen molar-refractivity contribution in [2.45, 2.75) is 44.2 Å². The second kappa shape index (κ2) is 6.39. The van der Waals surface area contributed by atoms with Crippen molar-refractivity contribution in [3.05, 3.63) is 29.8 Å². The van der Waals surface area contributed by atoms with E-state index in [4.69, 9.17) is 10.5 Å². The van der Waals surface area contributed by atoms with Gasteiger partial charge >= 0.3 is 0 Å². The molecule has 1 aliphatic carbocycles. The largest absolute Gasteiger partial charge is 0.487 e. The number of benzene rings is 1. The molecule has 0 saturated heterocycles. The molecule has 0 bridgehead atoms. The minimum absolute atomic E-state index is 0.00170. The minimum Gasteiger partial charge on any atom is -0.487 e. The summed E-state index contributed by atoms with van der Waals surface area (Å²) in [6.45, 7) is 2.51. The van der Waals surface area contributed by atoms with Crippen LogP contribution in [0.1, 0.15) is 32.6 Å². The predicted molar refractivity (Wildman–Crippen MR) is 74.8 cm³/mol. The number of halogens is 2. The fourth-order valence-electron chi connectivity index (χ4n) is 2.89. The van der Waals surface area contributed by atoms with Crippen LogP contribution in [-0.4, -0.2) is 24.1 Å². The van der Waals surface area contributed by atoms with E-state index in [-0.39, 0.29) is 11.9 Å². The number of carbonyl (C=O) groups is 1. The van der Waals surface area contributed by atoms with Crippen LogP contribution < -0.4 is 15.8 Å². The van der Waals surface area contributed by atoms with E-state index in [1.54, 1.807) is 0 Å². The van der Waals surface area contributed by atoms with Crippen molar-refractivity contribution in [1.82, 2.24) is 5.32 Å². The van der Waals surface area contributed by atoms with Crippen LogP contribution in [0.15, 0.2) is 18.2 Å². The first-order chi connectivity index (χ1) is 9.97. The van der Waals surface area contributed by atoms with E-state index in [0.717, 1.165) is 18.6 Å². The summed E-state index contributed by atoms with van der Waals surface area (Å²) in [7, 11) is 0. The van der Waals surface area contributed by atoms with Gasteiger partial charge < -0.3 is 15.8 Å². The lowest BCUT2D eigenvalue weighted by atomic mass is 9.79. The molecule has 1 aromatic rings. The molecule has 2 rings (SSSR count).